The Bertz CT molecular complexity index is 389. The molecule has 1 heterocycles. The molecule has 0 atom stereocenters. The molecule has 1 aliphatic heterocycles. The molecule has 1 aromatic rings. The maximum absolute atomic E-state index is 5.85. The monoisotopic (exact) mass is 261 g/mol. The van der Waals surface area contributed by atoms with Gasteiger partial charge in [-0.1, -0.05) is 29.8 Å². The summed E-state index contributed by atoms with van der Waals surface area (Å²) >= 11 is 0. The number of hydrogen-bond donors (Lipinski definition) is 1. The van der Waals surface area contributed by atoms with Crippen molar-refractivity contribution in [1.82, 2.24) is 9.80 Å². The lowest BCUT2D eigenvalue weighted by atomic mass is 10.0. The van der Waals surface area contributed by atoms with Crippen LogP contribution in [0.1, 0.15) is 25.0 Å². The first-order valence-electron chi connectivity index (χ1n) is 7.24. The molecule has 1 fully saturated rings. The molecular formula is C16H27N3. The highest BCUT2D eigenvalue weighted by Crippen LogP contribution is 2.17. The molecule has 1 aliphatic rings. The van der Waals surface area contributed by atoms with Crippen LogP contribution in [-0.2, 0) is 6.54 Å². The Labute approximate surface area is 117 Å². The van der Waals surface area contributed by atoms with Crippen molar-refractivity contribution in [2.24, 2.45) is 5.73 Å². The molecule has 2 rings (SSSR count). The van der Waals surface area contributed by atoms with Crippen molar-refractivity contribution in [3.63, 3.8) is 0 Å². The molecule has 0 aromatic heterocycles. The number of nitrogens with two attached hydrogens (primary N) is 1. The third-order valence-corrected chi connectivity index (χ3v) is 4.25. The van der Waals surface area contributed by atoms with Crippen LogP contribution in [0.25, 0.3) is 0 Å². The van der Waals surface area contributed by atoms with Gasteiger partial charge < -0.3 is 5.73 Å². The number of hydrogen-bond acceptors (Lipinski definition) is 3. The Kier molecular flexibility index (Phi) is 4.61. The number of piperazine rings is 1. The van der Waals surface area contributed by atoms with E-state index in [2.05, 4.69) is 54.8 Å². The number of nitrogens with zero attached hydrogens (tertiary/aromatic N) is 2. The average Bonchev–Trinajstić information content (AvgIpc) is 2.42. The second kappa shape index (κ2) is 6.04. The first-order chi connectivity index (χ1) is 9.01. The summed E-state index contributed by atoms with van der Waals surface area (Å²) in [6.07, 6.45) is 0. The van der Waals surface area contributed by atoms with Gasteiger partial charge in [0.1, 0.15) is 0 Å². The van der Waals surface area contributed by atoms with Gasteiger partial charge in [0.2, 0.25) is 0 Å². The quantitative estimate of drug-likeness (QED) is 0.898. The summed E-state index contributed by atoms with van der Waals surface area (Å²) in [5, 5.41) is 0. The maximum Gasteiger partial charge on any atom is 0.0276 e. The predicted molar refractivity (Wildman–Crippen MR) is 81.2 cm³/mol. The van der Waals surface area contributed by atoms with Gasteiger partial charge in [0, 0.05) is 44.8 Å². The largest absolute Gasteiger partial charge is 0.329 e. The third-order valence-electron chi connectivity index (χ3n) is 4.25. The second-order valence-corrected chi connectivity index (χ2v) is 6.27. The molecule has 0 spiro atoms. The maximum atomic E-state index is 5.85. The lowest BCUT2D eigenvalue weighted by Crippen LogP contribution is -2.57. The first-order valence-corrected chi connectivity index (χ1v) is 7.24. The van der Waals surface area contributed by atoms with Crippen LogP contribution in [0.2, 0.25) is 0 Å². The van der Waals surface area contributed by atoms with Gasteiger partial charge in [0.25, 0.3) is 0 Å². The van der Waals surface area contributed by atoms with Crippen molar-refractivity contribution < 1.29 is 0 Å². The van der Waals surface area contributed by atoms with Crippen molar-refractivity contribution in [3.8, 4) is 0 Å². The normalized spacial score (nSPS) is 18.7. The highest BCUT2D eigenvalue weighted by atomic mass is 15.3. The molecule has 3 nitrogen and oxygen atoms in total. The molecule has 2 N–H and O–H groups in total. The molecule has 1 saturated heterocycles. The molecule has 1 aromatic carbocycles. The zero-order valence-corrected chi connectivity index (χ0v) is 12.5. The molecule has 0 radical (unpaired) electrons. The van der Waals surface area contributed by atoms with Crippen LogP contribution in [-0.4, -0.2) is 48.1 Å². The van der Waals surface area contributed by atoms with Gasteiger partial charge in [0.15, 0.2) is 0 Å². The Morgan fingerprint density at radius 3 is 2.16 bits per heavy atom. The Morgan fingerprint density at radius 1 is 1.05 bits per heavy atom. The molecule has 0 bridgehead atoms. The van der Waals surface area contributed by atoms with E-state index in [1.165, 1.54) is 11.1 Å². The molecule has 0 unspecified atom stereocenters. The van der Waals surface area contributed by atoms with Gasteiger partial charge >= 0.3 is 0 Å². The van der Waals surface area contributed by atoms with Gasteiger partial charge in [-0.2, -0.15) is 0 Å². The van der Waals surface area contributed by atoms with Crippen LogP contribution in [0.15, 0.2) is 24.3 Å². The van der Waals surface area contributed by atoms with Crippen molar-refractivity contribution in [2.45, 2.75) is 32.9 Å². The van der Waals surface area contributed by atoms with E-state index < -0.39 is 0 Å². The summed E-state index contributed by atoms with van der Waals surface area (Å²) in [6.45, 7) is 12.9. The molecule has 0 saturated carbocycles. The Balaban J connectivity index is 1.85. The second-order valence-electron chi connectivity index (χ2n) is 6.27. The Hall–Kier alpha value is -0.900. The molecular weight excluding hydrogens is 234 g/mol. The van der Waals surface area contributed by atoms with Crippen LogP contribution >= 0.6 is 0 Å². The van der Waals surface area contributed by atoms with Gasteiger partial charge in [-0.15, -0.1) is 0 Å². The standard InChI is InChI=1S/C16H27N3/c1-14-4-6-15(7-5-14)12-18-8-10-19(11-9-18)16(2,3)13-17/h4-7H,8-13,17H2,1-3H3. The summed E-state index contributed by atoms with van der Waals surface area (Å²) in [6, 6.07) is 8.88. The van der Waals surface area contributed by atoms with E-state index in [4.69, 9.17) is 5.73 Å². The van der Waals surface area contributed by atoms with E-state index in [1.54, 1.807) is 0 Å². The zero-order valence-electron chi connectivity index (χ0n) is 12.5. The van der Waals surface area contributed by atoms with E-state index in [-0.39, 0.29) is 5.54 Å². The lowest BCUT2D eigenvalue weighted by Gasteiger charge is -2.43. The van der Waals surface area contributed by atoms with Crippen LogP contribution < -0.4 is 5.73 Å². The minimum atomic E-state index is 0.135. The van der Waals surface area contributed by atoms with E-state index >= 15 is 0 Å². The van der Waals surface area contributed by atoms with Crippen molar-refractivity contribution in [2.75, 3.05) is 32.7 Å². The van der Waals surface area contributed by atoms with E-state index in [0.717, 1.165) is 39.3 Å². The van der Waals surface area contributed by atoms with E-state index in [9.17, 15) is 0 Å². The molecule has 106 valence electrons. The summed E-state index contributed by atoms with van der Waals surface area (Å²) in [4.78, 5) is 5.05. The fourth-order valence-electron chi connectivity index (χ4n) is 2.59. The first kappa shape index (κ1) is 14.5. The summed E-state index contributed by atoms with van der Waals surface area (Å²) in [5.74, 6) is 0. The third kappa shape index (κ3) is 3.78. The number of aryl methyl sites for hydroxylation is 1. The van der Waals surface area contributed by atoms with Gasteiger partial charge in [-0.25, -0.2) is 0 Å². The van der Waals surface area contributed by atoms with Gasteiger partial charge in [-0.05, 0) is 26.3 Å². The smallest absolute Gasteiger partial charge is 0.0276 e. The summed E-state index contributed by atoms with van der Waals surface area (Å²) in [5.41, 5.74) is 8.73. The van der Waals surface area contributed by atoms with Crippen molar-refractivity contribution >= 4 is 0 Å². The van der Waals surface area contributed by atoms with E-state index in [0.29, 0.717) is 0 Å². The minimum Gasteiger partial charge on any atom is -0.329 e. The SMILES string of the molecule is Cc1ccc(CN2CCN(C(C)(C)CN)CC2)cc1. The van der Waals surface area contributed by atoms with Crippen LogP contribution in [0.4, 0.5) is 0 Å². The highest BCUT2D eigenvalue weighted by Gasteiger charge is 2.28. The van der Waals surface area contributed by atoms with Crippen LogP contribution in [0.3, 0.4) is 0 Å². The fraction of sp³-hybridized carbons (Fsp3) is 0.625. The summed E-state index contributed by atoms with van der Waals surface area (Å²) < 4.78 is 0. The van der Waals surface area contributed by atoms with Crippen LogP contribution in [0.5, 0.6) is 0 Å². The molecule has 0 amide bonds. The molecule has 3 heteroatoms. The van der Waals surface area contributed by atoms with Gasteiger partial charge in [-0.3, -0.25) is 9.80 Å². The summed E-state index contributed by atoms with van der Waals surface area (Å²) in [7, 11) is 0. The van der Waals surface area contributed by atoms with E-state index in [1.807, 2.05) is 0 Å². The minimum absolute atomic E-state index is 0.135. The average molecular weight is 261 g/mol. The topological polar surface area (TPSA) is 32.5 Å². The number of benzene rings is 1. The molecule has 0 aliphatic carbocycles. The Morgan fingerprint density at radius 2 is 1.63 bits per heavy atom. The van der Waals surface area contributed by atoms with Gasteiger partial charge in [0.05, 0.1) is 0 Å². The lowest BCUT2D eigenvalue weighted by molar-refractivity contribution is 0.0538. The molecule has 19 heavy (non-hydrogen) atoms. The van der Waals surface area contributed by atoms with Crippen molar-refractivity contribution in [1.29, 1.82) is 0 Å². The van der Waals surface area contributed by atoms with Crippen LogP contribution in [0, 0.1) is 6.92 Å². The zero-order chi connectivity index (χ0) is 13.9. The number of rotatable bonds is 4. The fourth-order valence-corrected chi connectivity index (χ4v) is 2.59. The van der Waals surface area contributed by atoms with Crippen molar-refractivity contribution in [3.05, 3.63) is 35.4 Å². The predicted octanol–water partition coefficient (Wildman–Crippen LogP) is 1.85. The highest BCUT2D eigenvalue weighted by molar-refractivity contribution is 5.21.